The van der Waals surface area contributed by atoms with E-state index in [9.17, 15) is 4.79 Å². The molecule has 4 rings (SSSR count). The molecule has 0 bridgehead atoms. The van der Waals surface area contributed by atoms with Gasteiger partial charge in [-0.2, -0.15) is 0 Å². The number of carbonyl (C=O) groups is 1. The second-order valence-electron chi connectivity index (χ2n) is 6.41. The molecule has 1 aliphatic carbocycles. The van der Waals surface area contributed by atoms with Crippen molar-refractivity contribution in [2.75, 3.05) is 5.32 Å². The Labute approximate surface area is 167 Å². The zero-order chi connectivity index (χ0) is 18.6. The number of thioether (sulfide) groups is 1. The largest absolute Gasteiger partial charge is 0.324 e. The molecule has 0 radical (unpaired) electrons. The van der Waals surface area contributed by atoms with Crippen LogP contribution in [0.25, 0.3) is 0 Å². The van der Waals surface area contributed by atoms with Crippen LogP contribution in [0, 0.1) is 0 Å². The number of para-hydroxylation sites is 1. The second kappa shape index (κ2) is 8.19. The smallest absolute Gasteiger partial charge is 0.237 e. The molecule has 1 amide bonds. The van der Waals surface area contributed by atoms with Gasteiger partial charge >= 0.3 is 0 Å². The van der Waals surface area contributed by atoms with Gasteiger partial charge in [0.1, 0.15) is 6.33 Å². The standard InChI is InChI=1S/C20H20N4OS2/c1-14(26-20-23-21-13-24(20)15-11-12-15)19(25)22-17-9-5-6-10-18(17)27-16-7-3-2-4-8-16/h2-10,13-15H,11-12H2,1H3,(H,22,25)/t14-/m1/s1. The SMILES string of the molecule is C[C@@H](Sc1nncn1C1CC1)C(=O)Nc1ccccc1Sc1ccccc1. The summed E-state index contributed by atoms with van der Waals surface area (Å²) < 4.78 is 2.08. The summed E-state index contributed by atoms with van der Waals surface area (Å²) in [5.74, 6) is -0.0357. The molecule has 0 saturated heterocycles. The van der Waals surface area contributed by atoms with Crippen LogP contribution in [0.4, 0.5) is 5.69 Å². The maximum absolute atomic E-state index is 12.7. The third-order valence-electron chi connectivity index (χ3n) is 4.25. The van der Waals surface area contributed by atoms with E-state index in [-0.39, 0.29) is 11.2 Å². The van der Waals surface area contributed by atoms with Gasteiger partial charge in [0.15, 0.2) is 5.16 Å². The highest BCUT2D eigenvalue weighted by molar-refractivity contribution is 8.00. The Morgan fingerprint density at radius 1 is 1.15 bits per heavy atom. The van der Waals surface area contributed by atoms with Gasteiger partial charge in [-0.1, -0.05) is 53.9 Å². The summed E-state index contributed by atoms with van der Waals surface area (Å²) in [6, 6.07) is 18.5. The number of amides is 1. The summed E-state index contributed by atoms with van der Waals surface area (Å²) in [6.07, 6.45) is 4.09. The molecule has 1 saturated carbocycles. The van der Waals surface area contributed by atoms with Gasteiger partial charge < -0.3 is 9.88 Å². The van der Waals surface area contributed by atoms with E-state index < -0.39 is 0 Å². The minimum absolute atomic E-state index is 0.0357. The number of rotatable bonds is 7. The molecule has 7 heteroatoms. The molecule has 0 spiro atoms. The molecule has 1 aromatic heterocycles. The van der Waals surface area contributed by atoms with Crippen molar-refractivity contribution < 1.29 is 4.79 Å². The van der Waals surface area contributed by atoms with Gasteiger partial charge in [-0.15, -0.1) is 10.2 Å². The van der Waals surface area contributed by atoms with Crippen LogP contribution in [0.2, 0.25) is 0 Å². The molecule has 0 unspecified atom stereocenters. The van der Waals surface area contributed by atoms with Gasteiger partial charge in [0.2, 0.25) is 5.91 Å². The Hall–Kier alpha value is -2.25. The van der Waals surface area contributed by atoms with Crippen LogP contribution in [0.3, 0.4) is 0 Å². The lowest BCUT2D eigenvalue weighted by Crippen LogP contribution is -2.23. The summed E-state index contributed by atoms with van der Waals surface area (Å²) in [5, 5.41) is 11.8. The first kappa shape index (κ1) is 18.1. The van der Waals surface area contributed by atoms with Crippen LogP contribution in [0.1, 0.15) is 25.8 Å². The normalized spacial score (nSPS) is 14.7. The third kappa shape index (κ3) is 4.54. The van der Waals surface area contributed by atoms with Crippen LogP contribution >= 0.6 is 23.5 Å². The number of hydrogen-bond acceptors (Lipinski definition) is 5. The van der Waals surface area contributed by atoms with Gasteiger partial charge in [0, 0.05) is 15.8 Å². The van der Waals surface area contributed by atoms with Crippen LogP contribution in [-0.4, -0.2) is 25.9 Å². The molecule has 27 heavy (non-hydrogen) atoms. The Bertz CT molecular complexity index is 924. The van der Waals surface area contributed by atoms with Gasteiger partial charge in [-0.25, -0.2) is 0 Å². The molecular weight excluding hydrogens is 376 g/mol. The summed E-state index contributed by atoms with van der Waals surface area (Å²) in [6.45, 7) is 1.90. The predicted molar refractivity (Wildman–Crippen MR) is 109 cm³/mol. The van der Waals surface area contributed by atoms with Gasteiger partial charge in [0.25, 0.3) is 0 Å². The van der Waals surface area contributed by atoms with E-state index >= 15 is 0 Å². The van der Waals surface area contributed by atoms with E-state index in [2.05, 4.69) is 32.2 Å². The number of carbonyl (C=O) groups excluding carboxylic acids is 1. The lowest BCUT2D eigenvalue weighted by Gasteiger charge is -2.14. The second-order valence-corrected chi connectivity index (χ2v) is 8.84. The van der Waals surface area contributed by atoms with Crippen molar-refractivity contribution >= 4 is 35.1 Å². The van der Waals surface area contributed by atoms with E-state index in [1.165, 1.54) is 11.8 Å². The Kier molecular flexibility index (Phi) is 5.50. The molecule has 1 heterocycles. The van der Waals surface area contributed by atoms with Crippen molar-refractivity contribution in [1.29, 1.82) is 0 Å². The van der Waals surface area contributed by atoms with Crippen molar-refractivity contribution in [3.8, 4) is 0 Å². The Morgan fingerprint density at radius 3 is 2.67 bits per heavy atom. The average molecular weight is 397 g/mol. The summed E-state index contributed by atoms with van der Waals surface area (Å²) in [5.41, 5.74) is 0.826. The van der Waals surface area contributed by atoms with E-state index in [1.807, 2.05) is 49.4 Å². The Morgan fingerprint density at radius 2 is 1.89 bits per heavy atom. The molecule has 1 fully saturated rings. The van der Waals surface area contributed by atoms with Gasteiger partial charge in [-0.05, 0) is 44.0 Å². The first-order valence-corrected chi connectivity index (χ1v) is 10.6. The van der Waals surface area contributed by atoms with Gasteiger partial charge in [-0.3, -0.25) is 4.79 Å². The number of anilines is 1. The summed E-state index contributed by atoms with van der Waals surface area (Å²) in [4.78, 5) is 14.9. The minimum atomic E-state index is -0.263. The first-order valence-electron chi connectivity index (χ1n) is 8.89. The fraction of sp³-hybridized carbons (Fsp3) is 0.250. The lowest BCUT2D eigenvalue weighted by molar-refractivity contribution is -0.115. The van der Waals surface area contributed by atoms with E-state index in [0.717, 1.165) is 33.5 Å². The fourth-order valence-corrected chi connectivity index (χ4v) is 4.46. The van der Waals surface area contributed by atoms with E-state index in [0.29, 0.717) is 6.04 Å². The highest BCUT2D eigenvalue weighted by Crippen LogP contribution is 2.38. The quantitative estimate of drug-likeness (QED) is 0.577. The van der Waals surface area contributed by atoms with Crippen molar-refractivity contribution in [2.24, 2.45) is 0 Å². The van der Waals surface area contributed by atoms with Crippen LogP contribution < -0.4 is 5.32 Å². The van der Waals surface area contributed by atoms with E-state index in [1.54, 1.807) is 18.1 Å². The third-order valence-corrected chi connectivity index (χ3v) is 6.40. The van der Waals surface area contributed by atoms with Crippen molar-refractivity contribution in [3.05, 3.63) is 60.9 Å². The molecular formula is C20H20N4OS2. The first-order chi connectivity index (χ1) is 13.2. The molecule has 3 aromatic rings. The predicted octanol–water partition coefficient (Wildman–Crippen LogP) is 4.88. The highest BCUT2D eigenvalue weighted by Gasteiger charge is 2.28. The zero-order valence-corrected chi connectivity index (χ0v) is 16.5. The summed E-state index contributed by atoms with van der Waals surface area (Å²) >= 11 is 3.09. The molecule has 138 valence electrons. The number of nitrogens with zero attached hydrogens (tertiary/aromatic N) is 3. The maximum Gasteiger partial charge on any atom is 0.237 e. The van der Waals surface area contributed by atoms with Crippen molar-refractivity contribution in [2.45, 2.75) is 46.0 Å². The van der Waals surface area contributed by atoms with E-state index in [4.69, 9.17) is 0 Å². The molecule has 0 aliphatic heterocycles. The van der Waals surface area contributed by atoms with Crippen molar-refractivity contribution in [3.63, 3.8) is 0 Å². The minimum Gasteiger partial charge on any atom is -0.324 e. The number of benzene rings is 2. The van der Waals surface area contributed by atoms with Crippen LogP contribution in [0.15, 0.2) is 75.9 Å². The fourth-order valence-electron chi connectivity index (χ4n) is 2.64. The number of hydrogen-bond donors (Lipinski definition) is 1. The molecule has 1 aliphatic rings. The monoisotopic (exact) mass is 396 g/mol. The molecule has 1 atom stereocenters. The molecule has 2 aromatic carbocycles. The lowest BCUT2D eigenvalue weighted by atomic mass is 10.3. The van der Waals surface area contributed by atoms with Gasteiger partial charge in [0.05, 0.1) is 10.9 Å². The zero-order valence-electron chi connectivity index (χ0n) is 14.9. The average Bonchev–Trinajstić information content (AvgIpc) is 3.43. The molecule has 1 N–H and O–H groups in total. The van der Waals surface area contributed by atoms with Crippen LogP contribution in [0.5, 0.6) is 0 Å². The Balaban J connectivity index is 1.43. The van der Waals surface area contributed by atoms with Crippen molar-refractivity contribution in [1.82, 2.24) is 14.8 Å². The summed E-state index contributed by atoms with van der Waals surface area (Å²) in [7, 11) is 0. The number of nitrogens with one attached hydrogen (secondary N) is 1. The number of aromatic nitrogens is 3. The van der Waals surface area contributed by atoms with Crippen LogP contribution in [-0.2, 0) is 4.79 Å². The maximum atomic E-state index is 12.7. The topological polar surface area (TPSA) is 59.8 Å². The molecule has 5 nitrogen and oxygen atoms in total. The highest BCUT2D eigenvalue weighted by atomic mass is 32.2.